The van der Waals surface area contributed by atoms with Gasteiger partial charge in [0.15, 0.2) is 5.69 Å². The standard InChI is InChI=1S/C12H11F2N3O2/c1-6-16-9(12(18)19-2)11(15)17(6)10-7(13)4-3-5-8(10)14/h3-5H,15H2,1-2H3. The molecule has 0 saturated heterocycles. The number of hydrogen-bond acceptors (Lipinski definition) is 4. The number of imidazole rings is 1. The van der Waals surface area contributed by atoms with E-state index < -0.39 is 17.6 Å². The van der Waals surface area contributed by atoms with Gasteiger partial charge >= 0.3 is 5.97 Å². The third kappa shape index (κ3) is 2.03. The lowest BCUT2D eigenvalue weighted by molar-refractivity contribution is 0.0596. The van der Waals surface area contributed by atoms with Crippen LogP contribution in [0.2, 0.25) is 0 Å². The molecule has 0 aliphatic heterocycles. The Kier molecular flexibility index (Phi) is 3.20. The predicted octanol–water partition coefficient (Wildman–Crippen LogP) is 1.83. The first-order valence-corrected chi connectivity index (χ1v) is 5.35. The summed E-state index contributed by atoms with van der Waals surface area (Å²) in [4.78, 5) is 15.3. The van der Waals surface area contributed by atoms with Gasteiger partial charge in [0.05, 0.1) is 7.11 Å². The second kappa shape index (κ2) is 4.68. The molecule has 0 aliphatic carbocycles. The van der Waals surface area contributed by atoms with E-state index in [9.17, 15) is 13.6 Å². The van der Waals surface area contributed by atoms with Gasteiger partial charge in [-0.15, -0.1) is 0 Å². The van der Waals surface area contributed by atoms with Crippen molar-refractivity contribution in [3.8, 4) is 5.69 Å². The normalized spacial score (nSPS) is 10.5. The first kappa shape index (κ1) is 13.0. The number of carbonyl (C=O) groups is 1. The van der Waals surface area contributed by atoms with E-state index in [0.717, 1.165) is 16.7 Å². The maximum absolute atomic E-state index is 13.7. The number of nitrogens with two attached hydrogens (primary N) is 1. The second-order valence-corrected chi connectivity index (χ2v) is 3.79. The van der Waals surface area contributed by atoms with Crippen LogP contribution >= 0.6 is 0 Å². The molecule has 0 aliphatic rings. The topological polar surface area (TPSA) is 70.1 Å². The van der Waals surface area contributed by atoms with E-state index in [4.69, 9.17) is 5.73 Å². The number of carbonyl (C=O) groups excluding carboxylic acids is 1. The Bertz CT molecular complexity index is 632. The van der Waals surface area contributed by atoms with Gasteiger partial charge < -0.3 is 10.5 Å². The van der Waals surface area contributed by atoms with E-state index in [2.05, 4.69) is 9.72 Å². The third-order valence-corrected chi connectivity index (χ3v) is 2.62. The Morgan fingerprint density at radius 2 is 1.95 bits per heavy atom. The summed E-state index contributed by atoms with van der Waals surface area (Å²) in [6, 6.07) is 3.42. The SMILES string of the molecule is COC(=O)c1nc(C)n(-c2c(F)cccc2F)c1N. The zero-order valence-electron chi connectivity index (χ0n) is 10.3. The van der Waals surface area contributed by atoms with Crippen molar-refractivity contribution in [3.63, 3.8) is 0 Å². The average molecular weight is 267 g/mol. The van der Waals surface area contributed by atoms with Gasteiger partial charge in [0.25, 0.3) is 0 Å². The van der Waals surface area contributed by atoms with Crippen LogP contribution in [0.1, 0.15) is 16.3 Å². The minimum absolute atomic E-state index is 0.173. The van der Waals surface area contributed by atoms with Gasteiger partial charge in [0, 0.05) is 0 Å². The zero-order chi connectivity index (χ0) is 14.2. The van der Waals surface area contributed by atoms with Gasteiger partial charge in [0.1, 0.15) is 29.0 Å². The van der Waals surface area contributed by atoms with E-state index in [-0.39, 0.29) is 23.0 Å². The number of esters is 1. The van der Waals surface area contributed by atoms with Crippen LogP contribution in [-0.2, 0) is 4.74 Å². The van der Waals surface area contributed by atoms with E-state index in [1.807, 2.05) is 0 Å². The Morgan fingerprint density at radius 3 is 2.47 bits per heavy atom. The fraction of sp³-hybridized carbons (Fsp3) is 0.167. The highest BCUT2D eigenvalue weighted by molar-refractivity contribution is 5.92. The summed E-state index contributed by atoms with van der Waals surface area (Å²) in [5.41, 5.74) is 5.16. The molecule has 0 fully saturated rings. The Hall–Kier alpha value is -2.44. The van der Waals surface area contributed by atoms with E-state index >= 15 is 0 Å². The number of rotatable bonds is 2. The van der Waals surface area contributed by atoms with Crippen LogP contribution in [0, 0.1) is 18.6 Å². The molecule has 0 bridgehead atoms. The van der Waals surface area contributed by atoms with Crippen molar-refractivity contribution in [2.75, 3.05) is 12.8 Å². The van der Waals surface area contributed by atoms with Crippen LogP contribution in [0.15, 0.2) is 18.2 Å². The number of aromatic nitrogens is 2. The minimum atomic E-state index is -0.802. The number of halogens is 2. The molecule has 1 heterocycles. The molecular weight excluding hydrogens is 256 g/mol. The zero-order valence-corrected chi connectivity index (χ0v) is 10.3. The summed E-state index contributed by atoms with van der Waals surface area (Å²) in [7, 11) is 1.17. The van der Waals surface area contributed by atoms with Crippen molar-refractivity contribution < 1.29 is 18.3 Å². The van der Waals surface area contributed by atoms with Crippen LogP contribution in [0.4, 0.5) is 14.6 Å². The maximum Gasteiger partial charge on any atom is 0.360 e. The molecule has 2 aromatic rings. The van der Waals surface area contributed by atoms with Crippen molar-refractivity contribution >= 4 is 11.8 Å². The largest absolute Gasteiger partial charge is 0.464 e. The summed E-state index contributed by atoms with van der Waals surface area (Å²) in [6.07, 6.45) is 0. The number of benzene rings is 1. The Balaban J connectivity index is 2.70. The fourth-order valence-corrected chi connectivity index (χ4v) is 1.78. The van der Waals surface area contributed by atoms with Crippen LogP contribution < -0.4 is 5.73 Å². The molecule has 0 atom stereocenters. The van der Waals surface area contributed by atoms with Crippen LogP contribution in [0.5, 0.6) is 0 Å². The van der Waals surface area contributed by atoms with Crippen LogP contribution in [0.3, 0.4) is 0 Å². The van der Waals surface area contributed by atoms with Crippen molar-refractivity contribution in [2.45, 2.75) is 6.92 Å². The highest BCUT2D eigenvalue weighted by Crippen LogP contribution is 2.25. The average Bonchev–Trinajstić information content (AvgIpc) is 2.65. The van der Waals surface area contributed by atoms with Crippen LogP contribution in [0.25, 0.3) is 5.69 Å². The van der Waals surface area contributed by atoms with Crippen LogP contribution in [-0.4, -0.2) is 22.6 Å². The third-order valence-electron chi connectivity index (χ3n) is 2.62. The van der Waals surface area contributed by atoms with Gasteiger partial charge in [-0.3, -0.25) is 4.57 Å². The highest BCUT2D eigenvalue weighted by Gasteiger charge is 2.23. The highest BCUT2D eigenvalue weighted by atomic mass is 19.1. The molecule has 7 heteroatoms. The van der Waals surface area contributed by atoms with E-state index in [1.165, 1.54) is 20.1 Å². The Morgan fingerprint density at radius 1 is 1.37 bits per heavy atom. The van der Waals surface area contributed by atoms with E-state index in [0.29, 0.717) is 0 Å². The lowest BCUT2D eigenvalue weighted by Crippen LogP contribution is -2.10. The van der Waals surface area contributed by atoms with Gasteiger partial charge in [0.2, 0.25) is 0 Å². The van der Waals surface area contributed by atoms with Gasteiger partial charge in [-0.25, -0.2) is 18.6 Å². The van der Waals surface area contributed by atoms with Crippen molar-refractivity contribution in [3.05, 3.63) is 41.4 Å². The van der Waals surface area contributed by atoms with Gasteiger partial charge in [-0.1, -0.05) is 6.07 Å². The number of para-hydroxylation sites is 1. The molecule has 2 rings (SSSR count). The summed E-state index contributed by atoms with van der Waals surface area (Å²) in [6.45, 7) is 1.48. The summed E-state index contributed by atoms with van der Waals surface area (Å²) >= 11 is 0. The molecule has 2 N–H and O–H groups in total. The minimum Gasteiger partial charge on any atom is -0.464 e. The maximum atomic E-state index is 13.7. The summed E-state index contributed by atoms with van der Waals surface area (Å²) in [5, 5.41) is 0. The number of methoxy groups -OCH3 is 1. The number of anilines is 1. The smallest absolute Gasteiger partial charge is 0.360 e. The molecule has 1 aromatic heterocycles. The van der Waals surface area contributed by atoms with Crippen molar-refractivity contribution in [1.29, 1.82) is 0 Å². The molecular formula is C12H11F2N3O2. The molecule has 1 aromatic carbocycles. The van der Waals surface area contributed by atoms with E-state index in [1.54, 1.807) is 0 Å². The molecule has 0 radical (unpaired) electrons. The molecule has 19 heavy (non-hydrogen) atoms. The number of aryl methyl sites for hydroxylation is 1. The first-order chi connectivity index (χ1) is 8.97. The second-order valence-electron chi connectivity index (χ2n) is 3.79. The number of ether oxygens (including phenoxy) is 1. The quantitative estimate of drug-likeness (QED) is 0.843. The van der Waals surface area contributed by atoms with Crippen molar-refractivity contribution in [2.24, 2.45) is 0 Å². The molecule has 100 valence electrons. The predicted molar refractivity (Wildman–Crippen MR) is 64.0 cm³/mol. The molecule has 0 unspecified atom stereocenters. The lowest BCUT2D eigenvalue weighted by atomic mass is 10.2. The van der Waals surface area contributed by atoms with Gasteiger partial charge in [-0.2, -0.15) is 0 Å². The fourth-order valence-electron chi connectivity index (χ4n) is 1.78. The molecule has 0 amide bonds. The van der Waals surface area contributed by atoms with Crippen molar-refractivity contribution in [1.82, 2.24) is 9.55 Å². The number of hydrogen-bond donors (Lipinski definition) is 1. The summed E-state index contributed by atoms with van der Waals surface area (Å²) in [5.74, 6) is -2.36. The number of nitrogens with zero attached hydrogens (tertiary/aromatic N) is 2. The lowest BCUT2D eigenvalue weighted by Gasteiger charge is -2.09. The molecule has 5 nitrogen and oxygen atoms in total. The monoisotopic (exact) mass is 267 g/mol. The number of nitrogen functional groups attached to an aromatic ring is 1. The first-order valence-electron chi connectivity index (χ1n) is 5.35. The van der Waals surface area contributed by atoms with Gasteiger partial charge in [-0.05, 0) is 19.1 Å². The Labute approximate surface area is 107 Å². The molecule has 0 spiro atoms. The summed E-state index contributed by atoms with van der Waals surface area (Å²) < 4.78 is 33.0. The molecule has 0 saturated carbocycles.